The van der Waals surface area contributed by atoms with Crippen molar-refractivity contribution in [1.29, 1.82) is 0 Å². The minimum Gasteiger partial charge on any atom is -0.345 e. The van der Waals surface area contributed by atoms with Crippen LogP contribution in [0.25, 0.3) is 0 Å². The zero-order valence-electron chi connectivity index (χ0n) is 16.0. The second kappa shape index (κ2) is 6.87. The maximum atomic E-state index is 12.7. The van der Waals surface area contributed by atoms with Gasteiger partial charge in [-0.2, -0.15) is 0 Å². The van der Waals surface area contributed by atoms with Gasteiger partial charge in [0.25, 0.3) is 5.91 Å². The topological polar surface area (TPSA) is 83.9 Å². The molecule has 2 fully saturated rings. The Bertz CT molecular complexity index is 795. The highest BCUT2D eigenvalue weighted by Crippen LogP contribution is 2.47. The van der Waals surface area contributed by atoms with Gasteiger partial charge < -0.3 is 10.2 Å². The molecule has 0 atom stereocenters. The van der Waals surface area contributed by atoms with E-state index in [0.717, 1.165) is 50.8 Å². The molecule has 1 saturated heterocycles. The van der Waals surface area contributed by atoms with Crippen LogP contribution < -0.4 is 5.32 Å². The highest BCUT2D eigenvalue weighted by Gasteiger charge is 2.45. The van der Waals surface area contributed by atoms with E-state index >= 15 is 0 Å². The molecular weight excluding hydrogens is 340 g/mol. The van der Waals surface area contributed by atoms with Gasteiger partial charge in [-0.1, -0.05) is 20.3 Å². The van der Waals surface area contributed by atoms with E-state index in [1.54, 1.807) is 12.4 Å². The third-order valence-electron chi connectivity index (χ3n) is 6.22. The Morgan fingerprint density at radius 3 is 2.26 bits per heavy atom. The van der Waals surface area contributed by atoms with Crippen LogP contribution in [0.1, 0.15) is 61.9 Å². The molecule has 7 heteroatoms. The molecule has 1 aliphatic heterocycles. The Balaban J connectivity index is 1.40. The summed E-state index contributed by atoms with van der Waals surface area (Å²) in [6.45, 7) is 6.15. The van der Waals surface area contributed by atoms with Crippen molar-refractivity contribution in [3.05, 3.63) is 42.2 Å². The smallest absolute Gasteiger partial charge is 0.256 e. The summed E-state index contributed by atoms with van der Waals surface area (Å²) in [5.74, 6) is 0.558. The molecule has 0 unspecified atom stereocenters. The van der Waals surface area contributed by atoms with Gasteiger partial charge in [-0.15, -0.1) is 0 Å². The molecule has 1 aliphatic carbocycles. The average Bonchev–Trinajstić information content (AvgIpc) is 3.50. The molecule has 0 bridgehead atoms. The predicted molar refractivity (Wildman–Crippen MR) is 102 cm³/mol. The maximum Gasteiger partial charge on any atom is 0.256 e. The molecule has 7 nitrogen and oxygen atoms in total. The zero-order chi connectivity index (χ0) is 18.9. The molecule has 1 saturated carbocycles. The first kappa shape index (κ1) is 17.8. The number of nitrogens with one attached hydrogen (secondary N) is 1. The minimum absolute atomic E-state index is 0.0253. The van der Waals surface area contributed by atoms with Crippen molar-refractivity contribution in [3.8, 4) is 0 Å². The van der Waals surface area contributed by atoms with Crippen molar-refractivity contribution < 1.29 is 4.79 Å². The number of aromatic nitrogens is 4. The van der Waals surface area contributed by atoms with Crippen molar-refractivity contribution >= 4 is 11.9 Å². The lowest BCUT2D eigenvalue weighted by atomic mass is 9.78. The molecule has 1 N–H and O–H groups in total. The molecule has 2 aromatic heterocycles. The van der Waals surface area contributed by atoms with Gasteiger partial charge in [-0.3, -0.25) is 4.79 Å². The summed E-state index contributed by atoms with van der Waals surface area (Å²) in [5.41, 5.74) is 1.78. The van der Waals surface area contributed by atoms with Crippen LogP contribution in [0.15, 0.2) is 31.1 Å². The number of amides is 1. The van der Waals surface area contributed by atoms with E-state index in [0.29, 0.717) is 16.9 Å². The Morgan fingerprint density at radius 1 is 1.07 bits per heavy atom. The van der Waals surface area contributed by atoms with Crippen molar-refractivity contribution in [3.63, 3.8) is 0 Å². The third-order valence-corrected chi connectivity index (χ3v) is 6.22. The van der Waals surface area contributed by atoms with E-state index < -0.39 is 0 Å². The molecule has 142 valence electrons. The van der Waals surface area contributed by atoms with Crippen molar-refractivity contribution in [2.24, 2.45) is 5.41 Å². The van der Waals surface area contributed by atoms with Crippen LogP contribution >= 0.6 is 0 Å². The second-order valence-corrected chi connectivity index (χ2v) is 8.09. The van der Waals surface area contributed by atoms with Crippen LogP contribution in [0.4, 0.5) is 5.95 Å². The van der Waals surface area contributed by atoms with Gasteiger partial charge in [0.1, 0.15) is 6.33 Å². The van der Waals surface area contributed by atoms with E-state index in [2.05, 4.69) is 39.1 Å². The Hall–Kier alpha value is -2.57. The fraction of sp³-hybridized carbons (Fsp3) is 0.550. The van der Waals surface area contributed by atoms with Gasteiger partial charge in [0, 0.05) is 43.4 Å². The van der Waals surface area contributed by atoms with Crippen LogP contribution in [0.5, 0.6) is 0 Å². The van der Waals surface area contributed by atoms with E-state index in [1.807, 2.05) is 17.3 Å². The SMILES string of the molecule is CCC1(C)CCN(C(=O)c2cnc(NC3(c4cncnc4)CC3)nc2)CC1. The van der Waals surface area contributed by atoms with Crippen molar-refractivity contribution in [1.82, 2.24) is 24.8 Å². The van der Waals surface area contributed by atoms with E-state index in [1.165, 1.54) is 6.33 Å². The lowest BCUT2D eigenvalue weighted by Gasteiger charge is -2.38. The number of rotatable bonds is 5. The number of piperidine rings is 1. The monoisotopic (exact) mass is 366 g/mol. The summed E-state index contributed by atoms with van der Waals surface area (Å²) in [6, 6.07) is 0. The molecule has 0 radical (unpaired) electrons. The minimum atomic E-state index is -0.176. The number of carbonyl (C=O) groups is 1. The Kier molecular flexibility index (Phi) is 4.53. The number of carbonyl (C=O) groups excluding carboxylic acids is 1. The third kappa shape index (κ3) is 3.63. The van der Waals surface area contributed by atoms with Crippen LogP contribution in [0.3, 0.4) is 0 Å². The van der Waals surface area contributed by atoms with Crippen LogP contribution in [-0.4, -0.2) is 43.8 Å². The normalized spacial score (nSPS) is 20.1. The van der Waals surface area contributed by atoms with E-state index in [4.69, 9.17) is 0 Å². The van der Waals surface area contributed by atoms with Gasteiger partial charge in [-0.25, -0.2) is 19.9 Å². The molecule has 4 rings (SSSR count). The molecular formula is C20H26N6O. The quantitative estimate of drug-likeness (QED) is 0.876. The number of hydrogen-bond donors (Lipinski definition) is 1. The van der Waals surface area contributed by atoms with E-state index in [9.17, 15) is 4.79 Å². The molecule has 2 aliphatic rings. The first-order valence-electron chi connectivity index (χ1n) is 9.69. The highest BCUT2D eigenvalue weighted by molar-refractivity contribution is 5.93. The van der Waals surface area contributed by atoms with Crippen molar-refractivity contribution in [2.75, 3.05) is 18.4 Å². The summed E-state index contributed by atoms with van der Waals surface area (Å²) in [5, 5.41) is 3.38. The Morgan fingerprint density at radius 2 is 1.70 bits per heavy atom. The van der Waals surface area contributed by atoms with Gasteiger partial charge in [0.05, 0.1) is 11.1 Å². The molecule has 2 aromatic rings. The standard InChI is InChI=1S/C20H26N6O/c1-3-19(2)6-8-26(9-7-19)17(27)15-10-23-18(24-11-15)25-20(4-5-20)16-12-21-14-22-13-16/h10-14H,3-9H2,1-2H3,(H,23,24,25). The van der Waals surface area contributed by atoms with Gasteiger partial charge in [0.15, 0.2) is 0 Å². The fourth-order valence-electron chi connectivity index (χ4n) is 3.66. The van der Waals surface area contributed by atoms with Crippen LogP contribution in [0.2, 0.25) is 0 Å². The van der Waals surface area contributed by atoms with E-state index in [-0.39, 0.29) is 11.4 Å². The molecule has 0 aromatic carbocycles. The first-order chi connectivity index (χ1) is 13.0. The van der Waals surface area contributed by atoms with Gasteiger partial charge in [0.2, 0.25) is 5.95 Å². The lowest BCUT2D eigenvalue weighted by molar-refractivity contribution is 0.0599. The van der Waals surface area contributed by atoms with Crippen LogP contribution in [-0.2, 0) is 5.54 Å². The number of hydrogen-bond acceptors (Lipinski definition) is 6. The summed E-state index contributed by atoms with van der Waals surface area (Å²) in [7, 11) is 0. The molecule has 0 spiro atoms. The number of anilines is 1. The largest absolute Gasteiger partial charge is 0.345 e. The fourth-order valence-corrected chi connectivity index (χ4v) is 3.66. The average molecular weight is 366 g/mol. The Labute approximate surface area is 159 Å². The van der Waals surface area contributed by atoms with Gasteiger partial charge >= 0.3 is 0 Å². The first-order valence-corrected chi connectivity index (χ1v) is 9.69. The predicted octanol–water partition coefficient (Wildman–Crippen LogP) is 3.02. The zero-order valence-corrected chi connectivity index (χ0v) is 16.0. The molecule has 3 heterocycles. The number of nitrogens with zero attached hydrogens (tertiary/aromatic N) is 5. The van der Waals surface area contributed by atoms with Crippen LogP contribution in [0, 0.1) is 5.41 Å². The summed E-state index contributed by atoms with van der Waals surface area (Å²) < 4.78 is 0. The summed E-state index contributed by atoms with van der Waals surface area (Å²) in [6.07, 6.45) is 13.7. The summed E-state index contributed by atoms with van der Waals surface area (Å²) >= 11 is 0. The molecule has 27 heavy (non-hydrogen) atoms. The van der Waals surface area contributed by atoms with Gasteiger partial charge in [-0.05, 0) is 31.1 Å². The number of likely N-dealkylation sites (tertiary alicyclic amines) is 1. The molecule has 1 amide bonds. The highest BCUT2D eigenvalue weighted by atomic mass is 16.2. The maximum absolute atomic E-state index is 12.7. The second-order valence-electron chi connectivity index (χ2n) is 8.09. The van der Waals surface area contributed by atoms with Crippen molar-refractivity contribution in [2.45, 2.75) is 51.5 Å². The summed E-state index contributed by atoms with van der Waals surface area (Å²) in [4.78, 5) is 31.6. The lowest BCUT2D eigenvalue weighted by Crippen LogP contribution is -2.42.